The molecule has 2 saturated heterocycles. The van der Waals surface area contributed by atoms with Crippen LogP contribution in [-0.2, 0) is 4.79 Å². The van der Waals surface area contributed by atoms with Gasteiger partial charge in [-0.05, 0) is 81.1 Å². The van der Waals surface area contributed by atoms with Crippen molar-refractivity contribution < 1.29 is 4.79 Å². The van der Waals surface area contributed by atoms with Crippen molar-refractivity contribution in [2.45, 2.75) is 51.0 Å². The van der Waals surface area contributed by atoms with E-state index >= 15 is 0 Å². The van der Waals surface area contributed by atoms with E-state index in [1.165, 1.54) is 51.5 Å². The van der Waals surface area contributed by atoms with Crippen molar-refractivity contribution in [3.8, 4) is 0 Å². The Morgan fingerprint density at radius 3 is 2.24 bits per heavy atom. The Hall–Kier alpha value is -0.570. The van der Waals surface area contributed by atoms with E-state index in [-0.39, 0.29) is 0 Å². The molecule has 0 aromatic carbocycles. The number of nitrogens with one attached hydrogen (secondary N) is 1. The van der Waals surface area contributed by atoms with Gasteiger partial charge in [0.25, 0.3) is 0 Å². The molecule has 2 heterocycles. The van der Waals surface area contributed by atoms with Crippen molar-refractivity contribution in [2.75, 3.05) is 19.6 Å². The van der Waals surface area contributed by atoms with Gasteiger partial charge in [0.1, 0.15) is 0 Å². The van der Waals surface area contributed by atoms with Gasteiger partial charge in [-0.25, -0.2) is 0 Å². The van der Waals surface area contributed by atoms with Gasteiger partial charge in [0.05, 0.1) is 0 Å². The first kappa shape index (κ1) is 12.9. The number of nitrogens with zero attached hydrogens (tertiary/aromatic N) is 1. The number of rotatable bonds is 2. The van der Waals surface area contributed by atoms with Crippen LogP contribution in [0.15, 0.2) is 0 Å². The maximum Gasteiger partial charge on any atom is 0.226 e. The van der Waals surface area contributed by atoms with Crippen LogP contribution in [0.3, 0.4) is 0 Å². The highest BCUT2D eigenvalue weighted by Crippen LogP contribution is 2.69. The molecule has 5 aliphatic rings. The second-order valence-electron chi connectivity index (χ2n) is 8.38. The van der Waals surface area contributed by atoms with E-state index in [0.717, 1.165) is 48.7 Å². The minimum absolute atomic E-state index is 0.456. The van der Waals surface area contributed by atoms with E-state index in [1.54, 1.807) is 0 Å². The van der Waals surface area contributed by atoms with E-state index in [9.17, 15) is 4.79 Å². The smallest absolute Gasteiger partial charge is 0.226 e. The lowest BCUT2D eigenvalue weighted by Gasteiger charge is -2.35. The molecule has 3 nitrogen and oxygen atoms in total. The number of hydrogen-bond donors (Lipinski definition) is 1. The van der Waals surface area contributed by atoms with Gasteiger partial charge in [-0.15, -0.1) is 0 Å². The summed E-state index contributed by atoms with van der Waals surface area (Å²) in [6.07, 6.45) is 9.47. The summed E-state index contributed by atoms with van der Waals surface area (Å²) in [5, 5.41) is 3.65. The third kappa shape index (κ3) is 1.92. The molecule has 2 bridgehead atoms. The van der Waals surface area contributed by atoms with Crippen molar-refractivity contribution in [3.05, 3.63) is 0 Å². The van der Waals surface area contributed by atoms with Crippen molar-refractivity contribution in [1.82, 2.24) is 10.2 Å². The Bertz CT molecular complexity index is 420. The quantitative estimate of drug-likeness (QED) is 0.845. The van der Waals surface area contributed by atoms with Gasteiger partial charge in [-0.1, -0.05) is 0 Å². The lowest BCUT2D eigenvalue weighted by atomic mass is 9.88. The molecular formula is C18H28N2O. The highest BCUT2D eigenvalue weighted by atomic mass is 16.2. The first-order valence-corrected chi connectivity index (χ1v) is 9.35. The molecule has 3 saturated carbocycles. The largest absolute Gasteiger partial charge is 0.342 e. The van der Waals surface area contributed by atoms with E-state index in [0.29, 0.717) is 11.8 Å². The molecule has 5 unspecified atom stereocenters. The molecule has 1 amide bonds. The summed E-state index contributed by atoms with van der Waals surface area (Å²) in [6, 6.07) is 0.749. The van der Waals surface area contributed by atoms with Gasteiger partial charge in [0, 0.05) is 25.0 Å². The molecular weight excluding hydrogens is 260 g/mol. The maximum atomic E-state index is 12.8. The Morgan fingerprint density at radius 1 is 0.905 bits per heavy atom. The topological polar surface area (TPSA) is 32.3 Å². The minimum Gasteiger partial charge on any atom is -0.342 e. The maximum absolute atomic E-state index is 12.8. The zero-order chi connectivity index (χ0) is 14.0. The van der Waals surface area contributed by atoms with Crippen LogP contribution in [0.2, 0.25) is 0 Å². The molecule has 0 aromatic heterocycles. The zero-order valence-electron chi connectivity index (χ0n) is 13.0. The van der Waals surface area contributed by atoms with Gasteiger partial charge < -0.3 is 10.2 Å². The molecule has 2 aliphatic heterocycles. The average Bonchev–Trinajstić information content (AvgIpc) is 2.97. The predicted octanol–water partition coefficient (Wildman–Crippen LogP) is 2.27. The first-order chi connectivity index (χ1) is 10.3. The molecule has 5 fully saturated rings. The van der Waals surface area contributed by atoms with Crippen LogP contribution in [-0.4, -0.2) is 36.5 Å². The number of amides is 1. The standard InChI is InChI=1S/C18H28N2O/c21-18(17-15-12-3-4-13(10-12)16(15)17)20-8-5-11(6-9-20)14-2-1-7-19-14/h11-17,19H,1-10H2. The van der Waals surface area contributed by atoms with Gasteiger partial charge in [0.2, 0.25) is 5.91 Å². The average molecular weight is 288 g/mol. The molecule has 0 aromatic rings. The Morgan fingerprint density at radius 2 is 1.62 bits per heavy atom. The number of fused-ring (bicyclic) bond motifs is 5. The van der Waals surface area contributed by atoms with E-state index in [4.69, 9.17) is 0 Å². The molecule has 5 atom stereocenters. The monoisotopic (exact) mass is 288 g/mol. The predicted molar refractivity (Wildman–Crippen MR) is 81.6 cm³/mol. The van der Waals surface area contributed by atoms with E-state index < -0.39 is 0 Å². The van der Waals surface area contributed by atoms with Crippen molar-refractivity contribution in [3.63, 3.8) is 0 Å². The fourth-order valence-corrected chi connectivity index (χ4v) is 6.50. The van der Waals surface area contributed by atoms with Crippen LogP contribution >= 0.6 is 0 Å². The minimum atomic E-state index is 0.456. The number of hydrogen-bond acceptors (Lipinski definition) is 2. The van der Waals surface area contributed by atoms with Crippen LogP contribution in [0.1, 0.15) is 44.9 Å². The first-order valence-electron chi connectivity index (χ1n) is 9.35. The van der Waals surface area contributed by atoms with Crippen LogP contribution in [0.25, 0.3) is 0 Å². The number of piperidine rings is 1. The molecule has 5 rings (SSSR count). The van der Waals surface area contributed by atoms with Gasteiger partial charge in [0.15, 0.2) is 0 Å². The summed E-state index contributed by atoms with van der Waals surface area (Å²) in [5.74, 6) is 5.29. The van der Waals surface area contributed by atoms with Gasteiger partial charge >= 0.3 is 0 Å². The summed E-state index contributed by atoms with van der Waals surface area (Å²) in [6.45, 7) is 3.28. The summed E-state index contributed by atoms with van der Waals surface area (Å²) < 4.78 is 0. The number of likely N-dealkylation sites (tertiary alicyclic amines) is 1. The Kier molecular flexibility index (Phi) is 2.90. The fraction of sp³-hybridized carbons (Fsp3) is 0.944. The van der Waals surface area contributed by atoms with Crippen LogP contribution in [0.4, 0.5) is 0 Å². The van der Waals surface area contributed by atoms with Crippen LogP contribution < -0.4 is 5.32 Å². The summed E-state index contributed by atoms with van der Waals surface area (Å²) in [7, 11) is 0. The Balaban J connectivity index is 1.18. The number of carbonyl (C=O) groups is 1. The summed E-state index contributed by atoms with van der Waals surface area (Å²) in [4.78, 5) is 15.1. The molecule has 1 N–H and O–H groups in total. The lowest BCUT2D eigenvalue weighted by molar-refractivity contribution is -0.135. The van der Waals surface area contributed by atoms with E-state index in [1.807, 2.05) is 0 Å². The molecule has 3 heteroatoms. The third-order valence-electron chi connectivity index (χ3n) is 7.54. The highest BCUT2D eigenvalue weighted by molar-refractivity contribution is 5.83. The molecule has 21 heavy (non-hydrogen) atoms. The molecule has 116 valence electrons. The molecule has 0 spiro atoms. The summed E-state index contributed by atoms with van der Waals surface area (Å²) in [5.41, 5.74) is 0. The normalized spacial score (nSPS) is 48.7. The number of carbonyl (C=O) groups excluding carboxylic acids is 1. The zero-order valence-corrected chi connectivity index (χ0v) is 13.0. The molecule has 3 aliphatic carbocycles. The van der Waals surface area contributed by atoms with Crippen LogP contribution in [0, 0.1) is 35.5 Å². The van der Waals surface area contributed by atoms with Crippen molar-refractivity contribution in [2.24, 2.45) is 35.5 Å². The van der Waals surface area contributed by atoms with Crippen LogP contribution in [0.5, 0.6) is 0 Å². The fourth-order valence-electron chi connectivity index (χ4n) is 6.50. The SMILES string of the molecule is O=C(C1C2C3CCC(C3)C12)N1CCC(C2CCCN2)CC1. The third-order valence-corrected chi connectivity index (χ3v) is 7.54. The van der Waals surface area contributed by atoms with Gasteiger partial charge in [-0.3, -0.25) is 4.79 Å². The second-order valence-corrected chi connectivity index (χ2v) is 8.38. The molecule has 0 radical (unpaired) electrons. The van der Waals surface area contributed by atoms with Crippen molar-refractivity contribution >= 4 is 5.91 Å². The summed E-state index contributed by atoms with van der Waals surface area (Å²) >= 11 is 0. The lowest BCUT2D eigenvalue weighted by Crippen LogP contribution is -2.44. The van der Waals surface area contributed by atoms with Crippen molar-refractivity contribution in [1.29, 1.82) is 0 Å². The highest BCUT2D eigenvalue weighted by Gasteiger charge is 2.68. The Labute approximate surface area is 127 Å². The van der Waals surface area contributed by atoms with E-state index in [2.05, 4.69) is 10.2 Å². The second kappa shape index (κ2) is 4.71. The van der Waals surface area contributed by atoms with Gasteiger partial charge in [-0.2, -0.15) is 0 Å².